The molecular formula is C18H37Y-. The largest absolute Gasteiger partial charge is 0.346 e. The minimum Gasteiger partial charge on any atom is -0.346 e. The van der Waals surface area contributed by atoms with Gasteiger partial charge in [-0.1, -0.05) is 104 Å². The van der Waals surface area contributed by atoms with E-state index in [-0.39, 0.29) is 40.1 Å². The maximum Gasteiger partial charge on any atom is 0 e. The Balaban J connectivity index is -0.0000000481. The first-order chi connectivity index (χ1) is 8.33. The summed E-state index contributed by atoms with van der Waals surface area (Å²) in [5.74, 6) is 0. The van der Waals surface area contributed by atoms with Gasteiger partial charge in [-0.15, -0.1) is 0 Å². The van der Waals surface area contributed by atoms with Crippen molar-refractivity contribution >= 4 is 0 Å². The van der Waals surface area contributed by atoms with Gasteiger partial charge in [-0.05, 0) is 0 Å². The minimum atomic E-state index is 0. The summed E-state index contributed by atoms with van der Waals surface area (Å²) in [6, 6.07) is 12.0. The van der Waals surface area contributed by atoms with Crippen LogP contribution in [0.4, 0.5) is 0 Å². The summed E-state index contributed by atoms with van der Waals surface area (Å²) >= 11 is 0. The van der Waals surface area contributed by atoms with Crippen LogP contribution >= 0.6 is 0 Å². The summed E-state index contributed by atoms with van der Waals surface area (Å²) in [7, 11) is 0. The minimum absolute atomic E-state index is 0. The molecule has 0 spiro atoms. The summed E-state index contributed by atoms with van der Waals surface area (Å²) in [5, 5.41) is 0. The molecule has 0 heterocycles. The van der Waals surface area contributed by atoms with Gasteiger partial charge in [0, 0.05) is 32.7 Å². The van der Waals surface area contributed by atoms with Gasteiger partial charge in [0.15, 0.2) is 0 Å². The molecule has 0 fully saturated rings. The van der Waals surface area contributed by atoms with E-state index in [4.69, 9.17) is 0 Å². The average Bonchev–Trinajstić information content (AvgIpc) is 2.42. The van der Waals surface area contributed by atoms with Crippen LogP contribution in [0.25, 0.3) is 0 Å². The maximum absolute atomic E-state index is 3.25. The van der Waals surface area contributed by atoms with Crippen molar-refractivity contribution in [3.8, 4) is 0 Å². The molecule has 0 nitrogen and oxygen atoms in total. The van der Waals surface area contributed by atoms with Crippen LogP contribution in [-0.2, 0) is 32.7 Å². The molecule has 1 aromatic rings. The molecule has 1 rings (SSSR count). The van der Waals surface area contributed by atoms with Crippen molar-refractivity contribution < 1.29 is 32.7 Å². The number of hydrogen-bond donors (Lipinski definition) is 0. The molecule has 19 heavy (non-hydrogen) atoms. The summed E-state index contributed by atoms with van der Waals surface area (Å²) in [6.07, 6.45) is 6.79. The van der Waals surface area contributed by atoms with Gasteiger partial charge in [0.25, 0.3) is 0 Å². The third kappa shape index (κ3) is 56.2. The fourth-order valence-electron chi connectivity index (χ4n) is 0.885. The van der Waals surface area contributed by atoms with Gasteiger partial charge in [-0.3, -0.25) is 0 Å². The molecule has 0 saturated heterocycles. The van der Waals surface area contributed by atoms with E-state index < -0.39 is 0 Å². The monoisotopic (exact) mass is 342 g/mol. The van der Waals surface area contributed by atoms with Crippen LogP contribution in [0.1, 0.15) is 74.1 Å². The fraction of sp³-hybridized carbons (Fsp3) is 0.611. The van der Waals surface area contributed by atoms with Crippen LogP contribution in [0.15, 0.2) is 36.4 Å². The number of rotatable bonds is 3. The van der Waals surface area contributed by atoms with Crippen molar-refractivity contribution in [3.63, 3.8) is 0 Å². The van der Waals surface area contributed by atoms with Gasteiger partial charge in [0.1, 0.15) is 0 Å². The van der Waals surface area contributed by atoms with E-state index in [1.807, 2.05) is 36.4 Å². The molecule has 1 heteroatoms. The molecule has 0 aliphatic rings. The van der Waals surface area contributed by atoms with Crippen molar-refractivity contribution in [2.24, 2.45) is 0 Å². The van der Waals surface area contributed by atoms with E-state index in [1.54, 1.807) is 6.92 Å². The van der Waals surface area contributed by atoms with E-state index in [0.29, 0.717) is 0 Å². The van der Waals surface area contributed by atoms with Crippen molar-refractivity contribution in [1.29, 1.82) is 0 Å². The normalized spacial score (nSPS) is 6.63. The zero-order valence-electron chi connectivity index (χ0n) is 13.3. The van der Waals surface area contributed by atoms with E-state index >= 15 is 0 Å². The van der Waals surface area contributed by atoms with Crippen LogP contribution in [-0.4, -0.2) is 0 Å². The summed E-state index contributed by atoms with van der Waals surface area (Å²) < 4.78 is 0. The van der Waals surface area contributed by atoms with Crippen LogP contribution in [0.3, 0.4) is 0 Å². The smallest absolute Gasteiger partial charge is 0 e. The predicted molar refractivity (Wildman–Crippen MR) is 90.0 cm³/mol. The van der Waals surface area contributed by atoms with Crippen molar-refractivity contribution in [3.05, 3.63) is 43.3 Å². The SMILES string of the molecule is C.CCC.CCCCCC.[CH2-]C.[Y].c1ccccc1. The Bertz CT molecular complexity index is 130. The second kappa shape index (κ2) is 42.9. The van der Waals surface area contributed by atoms with E-state index in [0.717, 1.165) is 0 Å². The fourth-order valence-corrected chi connectivity index (χ4v) is 0.885. The molecule has 0 aromatic heterocycles. The van der Waals surface area contributed by atoms with E-state index in [2.05, 4.69) is 34.6 Å². The van der Waals surface area contributed by atoms with Gasteiger partial charge in [0.2, 0.25) is 0 Å². The van der Waals surface area contributed by atoms with Crippen LogP contribution in [0, 0.1) is 6.92 Å². The first kappa shape index (κ1) is 31.6. The number of benzene rings is 1. The molecule has 0 unspecified atom stereocenters. The first-order valence-corrected chi connectivity index (χ1v) is 7.04. The third-order valence-electron chi connectivity index (χ3n) is 1.62. The van der Waals surface area contributed by atoms with Crippen LogP contribution in [0.2, 0.25) is 0 Å². The molecule has 0 bridgehead atoms. The molecule has 0 atom stereocenters. The summed E-state index contributed by atoms with van der Waals surface area (Å²) in [4.78, 5) is 0. The Kier molecular flexibility index (Phi) is 71.4. The molecular weight excluding hydrogens is 305 g/mol. The van der Waals surface area contributed by atoms with Gasteiger partial charge >= 0.3 is 0 Å². The van der Waals surface area contributed by atoms with Crippen LogP contribution < -0.4 is 0 Å². The topological polar surface area (TPSA) is 0 Å². The first-order valence-electron chi connectivity index (χ1n) is 7.04. The zero-order valence-corrected chi connectivity index (χ0v) is 16.1. The molecule has 0 N–H and O–H groups in total. The number of unbranched alkanes of at least 4 members (excludes halogenated alkanes) is 3. The zero-order chi connectivity index (χ0) is 13.8. The average molecular weight is 342 g/mol. The van der Waals surface area contributed by atoms with Gasteiger partial charge in [0.05, 0.1) is 0 Å². The molecule has 1 radical (unpaired) electrons. The second-order valence-corrected chi connectivity index (χ2v) is 3.57. The maximum atomic E-state index is 3.25. The molecule has 0 aliphatic carbocycles. The van der Waals surface area contributed by atoms with Crippen LogP contribution in [0.5, 0.6) is 0 Å². The Hall–Kier alpha value is 0.324. The van der Waals surface area contributed by atoms with Gasteiger partial charge in [-0.2, -0.15) is 6.92 Å². The van der Waals surface area contributed by atoms with E-state index in [9.17, 15) is 0 Å². The quantitative estimate of drug-likeness (QED) is 0.404. The Morgan fingerprint density at radius 1 is 0.632 bits per heavy atom. The molecule has 0 amide bonds. The van der Waals surface area contributed by atoms with E-state index in [1.165, 1.54) is 32.1 Å². The van der Waals surface area contributed by atoms with Gasteiger partial charge < -0.3 is 6.92 Å². The van der Waals surface area contributed by atoms with Gasteiger partial charge in [-0.25, -0.2) is 0 Å². The summed E-state index contributed by atoms with van der Waals surface area (Å²) in [5.41, 5.74) is 0. The molecule has 113 valence electrons. The molecule has 0 aliphatic heterocycles. The second-order valence-electron chi connectivity index (χ2n) is 3.57. The molecule has 1 aromatic carbocycles. The summed E-state index contributed by atoms with van der Waals surface area (Å²) in [6.45, 7) is 13.7. The van der Waals surface area contributed by atoms with Crippen molar-refractivity contribution in [2.75, 3.05) is 0 Å². The Morgan fingerprint density at radius 2 is 0.789 bits per heavy atom. The standard InChI is InChI=1S/C6H6.C6H14.C3H8.C2H5.CH4.Y/c1-2-4-6-5-3-1;1-3-5-6-4-2;1-3-2;1-2;;/h1-6H;3-6H2,1-2H3;3H2,1-2H3;1H2,2H3;1H4;/q;;;-1;;. The van der Waals surface area contributed by atoms with Crippen molar-refractivity contribution in [2.45, 2.75) is 74.1 Å². The Labute approximate surface area is 149 Å². The predicted octanol–water partition coefficient (Wildman–Crippen LogP) is 7.16. The molecule has 0 saturated carbocycles. The number of hydrogen-bond acceptors (Lipinski definition) is 0. The third-order valence-corrected chi connectivity index (χ3v) is 1.62. The Morgan fingerprint density at radius 3 is 0.895 bits per heavy atom. The van der Waals surface area contributed by atoms with Crippen molar-refractivity contribution in [1.82, 2.24) is 0 Å².